The largest absolute Gasteiger partial charge is 0.462 e. The third kappa shape index (κ3) is 0.997. The van der Waals surface area contributed by atoms with Crippen LogP contribution < -0.4 is 0 Å². The molecule has 0 saturated carbocycles. The molecule has 1 heterocycles. The minimum absolute atomic E-state index is 0.0707. The van der Waals surface area contributed by atoms with Gasteiger partial charge < -0.3 is 4.74 Å². The molecular weight excluding hydrogens is 104 g/mol. The molecule has 0 bridgehead atoms. The molecule has 0 aromatic heterocycles. The summed E-state index contributed by atoms with van der Waals surface area (Å²) in [6, 6.07) is 0. The highest BCUT2D eigenvalue weighted by Crippen LogP contribution is 2.15. The Morgan fingerprint density at radius 3 is 2.88 bits per heavy atom. The lowest BCUT2D eigenvalue weighted by Crippen LogP contribution is -2.03. The second-order valence-electron chi connectivity index (χ2n) is 1.94. The van der Waals surface area contributed by atoms with Crippen molar-refractivity contribution >= 4 is 5.97 Å². The van der Waals surface area contributed by atoms with Gasteiger partial charge in [-0.2, -0.15) is 0 Å². The van der Waals surface area contributed by atoms with E-state index in [2.05, 4.69) is 6.92 Å². The fourth-order valence-corrected chi connectivity index (χ4v) is 0.786. The van der Waals surface area contributed by atoms with Gasteiger partial charge in [0.25, 0.3) is 0 Å². The minimum Gasteiger partial charge on any atom is -0.462 e. The molecule has 45 valence electrons. The SMILES string of the molecule is [CH2]CC1CCC(=O)O1. The van der Waals surface area contributed by atoms with Crippen LogP contribution in [-0.4, -0.2) is 12.1 Å². The van der Waals surface area contributed by atoms with Crippen LogP contribution in [0.5, 0.6) is 0 Å². The van der Waals surface area contributed by atoms with E-state index in [1.165, 1.54) is 0 Å². The van der Waals surface area contributed by atoms with Crippen molar-refractivity contribution in [2.24, 2.45) is 0 Å². The summed E-state index contributed by atoms with van der Waals surface area (Å²) in [5.41, 5.74) is 0. The fourth-order valence-electron chi connectivity index (χ4n) is 0.786. The fraction of sp³-hybridized carbons (Fsp3) is 0.667. The predicted octanol–water partition coefficient (Wildman–Crippen LogP) is 0.916. The summed E-state index contributed by atoms with van der Waals surface area (Å²) < 4.78 is 4.81. The number of hydrogen-bond acceptors (Lipinski definition) is 2. The Morgan fingerprint density at radius 1 is 1.88 bits per heavy atom. The van der Waals surface area contributed by atoms with Crippen LogP contribution >= 0.6 is 0 Å². The number of carbonyl (C=O) groups is 1. The van der Waals surface area contributed by atoms with E-state index in [9.17, 15) is 4.79 Å². The molecule has 1 rings (SSSR count). The molecule has 0 aromatic carbocycles. The van der Waals surface area contributed by atoms with Crippen molar-refractivity contribution in [3.63, 3.8) is 0 Å². The van der Waals surface area contributed by atoms with Crippen molar-refractivity contribution in [2.75, 3.05) is 0 Å². The maximum absolute atomic E-state index is 10.4. The molecule has 0 spiro atoms. The molecule has 1 aliphatic rings. The first kappa shape index (κ1) is 5.60. The number of cyclic esters (lactones) is 1. The van der Waals surface area contributed by atoms with Crippen molar-refractivity contribution in [3.05, 3.63) is 6.92 Å². The zero-order chi connectivity index (χ0) is 5.98. The Balaban J connectivity index is 2.32. The van der Waals surface area contributed by atoms with Gasteiger partial charge in [0.1, 0.15) is 6.10 Å². The molecule has 1 radical (unpaired) electrons. The van der Waals surface area contributed by atoms with Gasteiger partial charge in [-0.3, -0.25) is 4.79 Å². The van der Waals surface area contributed by atoms with Crippen molar-refractivity contribution in [1.29, 1.82) is 0 Å². The first-order valence-corrected chi connectivity index (χ1v) is 2.81. The highest BCUT2D eigenvalue weighted by molar-refractivity contribution is 5.71. The zero-order valence-electron chi connectivity index (χ0n) is 4.72. The normalized spacial score (nSPS) is 28.1. The van der Waals surface area contributed by atoms with E-state index in [1.807, 2.05) is 0 Å². The zero-order valence-corrected chi connectivity index (χ0v) is 4.72. The molecule has 0 N–H and O–H groups in total. The third-order valence-electron chi connectivity index (χ3n) is 1.29. The highest BCUT2D eigenvalue weighted by atomic mass is 16.5. The summed E-state index contributed by atoms with van der Waals surface area (Å²) in [6.45, 7) is 3.62. The quantitative estimate of drug-likeness (QED) is 0.472. The number of hydrogen-bond donors (Lipinski definition) is 0. The summed E-state index contributed by atoms with van der Waals surface area (Å²) in [6.07, 6.45) is 2.27. The number of ether oxygens (including phenoxy) is 1. The van der Waals surface area contributed by atoms with Gasteiger partial charge in [-0.15, -0.1) is 0 Å². The van der Waals surface area contributed by atoms with Crippen LogP contribution in [0.1, 0.15) is 19.3 Å². The van der Waals surface area contributed by atoms with Gasteiger partial charge in [0.2, 0.25) is 0 Å². The summed E-state index contributed by atoms with van der Waals surface area (Å²) in [7, 11) is 0. The topological polar surface area (TPSA) is 26.3 Å². The molecule has 1 fully saturated rings. The standard InChI is InChI=1S/C6H9O2/c1-2-5-3-4-6(7)8-5/h5H,1-4H2. The number of esters is 1. The van der Waals surface area contributed by atoms with Gasteiger partial charge in [0, 0.05) is 6.42 Å². The predicted molar refractivity (Wildman–Crippen MR) is 29.1 cm³/mol. The number of carbonyl (C=O) groups excluding carboxylic acids is 1. The van der Waals surface area contributed by atoms with Crippen LogP contribution in [0.25, 0.3) is 0 Å². The Labute approximate surface area is 48.8 Å². The van der Waals surface area contributed by atoms with E-state index in [0.717, 1.165) is 6.42 Å². The lowest BCUT2D eigenvalue weighted by molar-refractivity contribution is -0.141. The molecule has 1 aliphatic heterocycles. The molecule has 1 saturated heterocycles. The van der Waals surface area contributed by atoms with Crippen LogP contribution in [-0.2, 0) is 9.53 Å². The summed E-state index contributed by atoms with van der Waals surface area (Å²) in [5.74, 6) is -0.0707. The Morgan fingerprint density at radius 2 is 2.62 bits per heavy atom. The van der Waals surface area contributed by atoms with Crippen LogP contribution in [0, 0.1) is 6.92 Å². The Kier molecular flexibility index (Phi) is 1.51. The molecule has 2 nitrogen and oxygen atoms in total. The van der Waals surface area contributed by atoms with Crippen LogP contribution in [0.2, 0.25) is 0 Å². The number of rotatable bonds is 1. The maximum atomic E-state index is 10.4. The Hall–Kier alpha value is -0.530. The second kappa shape index (κ2) is 2.16. The van der Waals surface area contributed by atoms with Gasteiger partial charge in [-0.25, -0.2) is 0 Å². The second-order valence-corrected chi connectivity index (χ2v) is 1.94. The molecule has 8 heavy (non-hydrogen) atoms. The van der Waals surface area contributed by atoms with Crippen LogP contribution in [0.3, 0.4) is 0 Å². The van der Waals surface area contributed by atoms with E-state index in [1.54, 1.807) is 0 Å². The van der Waals surface area contributed by atoms with E-state index < -0.39 is 0 Å². The molecule has 2 heteroatoms. The van der Waals surface area contributed by atoms with Crippen molar-refractivity contribution in [3.8, 4) is 0 Å². The first-order valence-electron chi connectivity index (χ1n) is 2.81. The van der Waals surface area contributed by atoms with E-state index in [-0.39, 0.29) is 12.1 Å². The van der Waals surface area contributed by atoms with E-state index in [0.29, 0.717) is 12.8 Å². The summed E-state index contributed by atoms with van der Waals surface area (Å²) in [5, 5.41) is 0. The Bertz CT molecular complexity index is 98.7. The highest BCUT2D eigenvalue weighted by Gasteiger charge is 2.20. The summed E-state index contributed by atoms with van der Waals surface area (Å²) in [4.78, 5) is 10.4. The molecule has 0 aliphatic carbocycles. The molecule has 1 atom stereocenters. The van der Waals surface area contributed by atoms with Crippen molar-refractivity contribution in [2.45, 2.75) is 25.4 Å². The van der Waals surface area contributed by atoms with Gasteiger partial charge in [-0.1, -0.05) is 0 Å². The van der Waals surface area contributed by atoms with Gasteiger partial charge >= 0.3 is 5.97 Å². The minimum atomic E-state index is -0.0707. The van der Waals surface area contributed by atoms with Gasteiger partial charge in [0.15, 0.2) is 0 Å². The van der Waals surface area contributed by atoms with Gasteiger partial charge in [0.05, 0.1) is 0 Å². The first-order chi connectivity index (χ1) is 3.83. The molecule has 1 unspecified atom stereocenters. The average Bonchev–Trinajstić information content (AvgIpc) is 2.14. The average molecular weight is 113 g/mol. The summed E-state index contributed by atoms with van der Waals surface area (Å²) >= 11 is 0. The molecule has 0 amide bonds. The van der Waals surface area contributed by atoms with Crippen molar-refractivity contribution in [1.82, 2.24) is 0 Å². The van der Waals surface area contributed by atoms with E-state index >= 15 is 0 Å². The maximum Gasteiger partial charge on any atom is 0.306 e. The lowest BCUT2D eigenvalue weighted by atomic mass is 10.2. The third-order valence-corrected chi connectivity index (χ3v) is 1.29. The lowest BCUT2D eigenvalue weighted by Gasteiger charge is -2.01. The van der Waals surface area contributed by atoms with Crippen molar-refractivity contribution < 1.29 is 9.53 Å². The molecule has 0 aromatic rings. The smallest absolute Gasteiger partial charge is 0.306 e. The molecular formula is C6H9O2. The monoisotopic (exact) mass is 113 g/mol. The van der Waals surface area contributed by atoms with Crippen LogP contribution in [0.4, 0.5) is 0 Å². The van der Waals surface area contributed by atoms with Gasteiger partial charge in [-0.05, 0) is 19.8 Å². The van der Waals surface area contributed by atoms with Crippen LogP contribution in [0.15, 0.2) is 0 Å². The van der Waals surface area contributed by atoms with E-state index in [4.69, 9.17) is 4.74 Å².